The zero-order valence-electron chi connectivity index (χ0n) is 15.3. The van der Waals surface area contributed by atoms with E-state index >= 15 is 0 Å². The highest BCUT2D eigenvalue weighted by Crippen LogP contribution is 2.28. The van der Waals surface area contributed by atoms with Gasteiger partial charge in [0.15, 0.2) is 0 Å². The van der Waals surface area contributed by atoms with Crippen molar-refractivity contribution in [1.29, 1.82) is 5.26 Å². The van der Waals surface area contributed by atoms with Crippen molar-refractivity contribution in [2.24, 2.45) is 0 Å². The van der Waals surface area contributed by atoms with Crippen LogP contribution in [0.3, 0.4) is 0 Å². The quantitative estimate of drug-likeness (QED) is 0.501. The predicted molar refractivity (Wildman–Crippen MR) is 115 cm³/mol. The van der Waals surface area contributed by atoms with Crippen LogP contribution in [0.15, 0.2) is 82.6 Å². The molecule has 0 bridgehead atoms. The molecule has 0 fully saturated rings. The van der Waals surface area contributed by atoms with Crippen molar-refractivity contribution in [2.45, 2.75) is 22.3 Å². The minimum Gasteiger partial charge on any atom is -0.387 e. The van der Waals surface area contributed by atoms with Gasteiger partial charge in [-0.3, -0.25) is 0 Å². The molecule has 3 aromatic carbocycles. The molecule has 0 heterocycles. The van der Waals surface area contributed by atoms with Gasteiger partial charge in [0.2, 0.25) is 0 Å². The molecule has 3 rings (SSSR count). The predicted octanol–water partition coefficient (Wildman–Crippen LogP) is 5.23. The van der Waals surface area contributed by atoms with Gasteiger partial charge < -0.3 is 10.4 Å². The van der Waals surface area contributed by atoms with Crippen molar-refractivity contribution in [3.63, 3.8) is 0 Å². The second kappa shape index (κ2) is 10.3. The molecule has 0 aliphatic rings. The monoisotopic (exact) mass is 408 g/mol. The zero-order chi connectivity index (χ0) is 19.8. The van der Waals surface area contributed by atoms with Gasteiger partial charge in [-0.1, -0.05) is 47.6 Å². The fraction of sp³-hybridized carbons (Fsp3) is 0.174. The number of halogens is 1. The molecule has 0 saturated carbocycles. The van der Waals surface area contributed by atoms with Crippen molar-refractivity contribution in [1.82, 2.24) is 5.32 Å². The third-order valence-corrected chi connectivity index (χ3v) is 5.55. The lowest BCUT2D eigenvalue weighted by Crippen LogP contribution is -2.23. The standard InChI is InChI=1S/C23H21ClN2OS/c24-20-3-1-2-19(14-20)23(27)16-26-13-12-17-4-8-21(9-5-17)28-22-10-6-18(15-25)7-11-22/h1-11,14,23,26-27H,12-13,16H2. The largest absolute Gasteiger partial charge is 0.387 e. The van der Waals surface area contributed by atoms with E-state index in [9.17, 15) is 5.11 Å². The Morgan fingerprint density at radius 2 is 1.68 bits per heavy atom. The highest BCUT2D eigenvalue weighted by molar-refractivity contribution is 7.99. The number of aliphatic hydroxyl groups excluding tert-OH is 1. The molecule has 1 atom stereocenters. The highest BCUT2D eigenvalue weighted by Gasteiger charge is 2.07. The van der Waals surface area contributed by atoms with Gasteiger partial charge in [0.25, 0.3) is 0 Å². The first-order valence-electron chi connectivity index (χ1n) is 9.05. The molecule has 0 spiro atoms. The third-order valence-electron chi connectivity index (χ3n) is 4.30. The second-order valence-electron chi connectivity index (χ2n) is 6.41. The van der Waals surface area contributed by atoms with E-state index in [1.807, 2.05) is 36.4 Å². The van der Waals surface area contributed by atoms with Crippen molar-refractivity contribution >= 4 is 23.4 Å². The number of nitrogens with one attached hydrogen (secondary N) is 1. The van der Waals surface area contributed by atoms with Crippen molar-refractivity contribution in [3.8, 4) is 6.07 Å². The third kappa shape index (κ3) is 6.12. The number of benzene rings is 3. The lowest BCUT2D eigenvalue weighted by Gasteiger charge is -2.12. The van der Waals surface area contributed by atoms with Gasteiger partial charge in [0.05, 0.1) is 17.7 Å². The van der Waals surface area contributed by atoms with Crippen LogP contribution < -0.4 is 5.32 Å². The zero-order valence-corrected chi connectivity index (χ0v) is 16.9. The molecule has 5 heteroatoms. The Hall–Kier alpha value is -2.29. The molecule has 3 nitrogen and oxygen atoms in total. The van der Waals surface area contributed by atoms with E-state index < -0.39 is 6.10 Å². The Morgan fingerprint density at radius 1 is 1.00 bits per heavy atom. The molecule has 2 N–H and O–H groups in total. The van der Waals surface area contributed by atoms with Gasteiger partial charge >= 0.3 is 0 Å². The molecule has 0 amide bonds. The van der Waals surface area contributed by atoms with Crippen LogP contribution >= 0.6 is 23.4 Å². The maximum Gasteiger partial charge on any atom is 0.0991 e. The van der Waals surface area contributed by atoms with Crippen LogP contribution in [0.25, 0.3) is 0 Å². The minimum atomic E-state index is -0.565. The summed E-state index contributed by atoms with van der Waals surface area (Å²) < 4.78 is 0. The van der Waals surface area contributed by atoms with Crippen LogP contribution in [0.2, 0.25) is 5.02 Å². The second-order valence-corrected chi connectivity index (χ2v) is 7.99. The highest BCUT2D eigenvalue weighted by atomic mass is 35.5. The van der Waals surface area contributed by atoms with Gasteiger partial charge in [-0.2, -0.15) is 5.26 Å². The number of aliphatic hydroxyl groups is 1. The normalized spacial score (nSPS) is 11.8. The smallest absolute Gasteiger partial charge is 0.0991 e. The lowest BCUT2D eigenvalue weighted by molar-refractivity contribution is 0.175. The molecular formula is C23H21ClN2OS. The van der Waals surface area contributed by atoms with E-state index in [1.165, 1.54) is 5.56 Å². The van der Waals surface area contributed by atoms with Crippen LogP contribution in [-0.4, -0.2) is 18.2 Å². The van der Waals surface area contributed by atoms with Gasteiger partial charge in [0, 0.05) is 21.4 Å². The average Bonchev–Trinajstić information content (AvgIpc) is 2.73. The van der Waals surface area contributed by atoms with E-state index in [2.05, 4.69) is 35.7 Å². The Bertz CT molecular complexity index is 936. The van der Waals surface area contributed by atoms with Crippen LogP contribution in [0.5, 0.6) is 0 Å². The number of hydrogen-bond acceptors (Lipinski definition) is 4. The van der Waals surface area contributed by atoms with E-state index in [-0.39, 0.29) is 0 Å². The van der Waals surface area contributed by atoms with Crippen LogP contribution in [0.4, 0.5) is 0 Å². The van der Waals surface area contributed by atoms with Gasteiger partial charge in [-0.15, -0.1) is 0 Å². The van der Waals surface area contributed by atoms with E-state index in [0.717, 1.165) is 28.3 Å². The molecule has 0 aromatic heterocycles. The summed E-state index contributed by atoms with van der Waals surface area (Å²) >= 11 is 7.64. The van der Waals surface area contributed by atoms with E-state index in [0.29, 0.717) is 17.1 Å². The van der Waals surface area contributed by atoms with Crippen LogP contribution in [0.1, 0.15) is 22.8 Å². The average molecular weight is 409 g/mol. The van der Waals surface area contributed by atoms with Gasteiger partial charge in [-0.25, -0.2) is 0 Å². The Balaban J connectivity index is 1.43. The SMILES string of the molecule is N#Cc1ccc(Sc2ccc(CCNCC(O)c3cccc(Cl)c3)cc2)cc1. The van der Waals surface area contributed by atoms with Crippen molar-refractivity contribution in [3.05, 3.63) is 94.5 Å². The first-order valence-corrected chi connectivity index (χ1v) is 10.2. The van der Waals surface area contributed by atoms with Crippen LogP contribution in [0, 0.1) is 11.3 Å². The molecular weight excluding hydrogens is 388 g/mol. The molecule has 0 aliphatic carbocycles. The molecule has 142 valence electrons. The summed E-state index contributed by atoms with van der Waals surface area (Å²) in [5, 5.41) is 23.0. The van der Waals surface area contributed by atoms with Crippen LogP contribution in [-0.2, 0) is 6.42 Å². The lowest BCUT2D eigenvalue weighted by atomic mass is 10.1. The topological polar surface area (TPSA) is 56.0 Å². The van der Waals surface area contributed by atoms with E-state index in [1.54, 1.807) is 23.9 Å². The number of nitriles is 1. The Kier molecular flexibility index (Phi) is 7.53. The minimum absolute atomic E-state index is 0.493. The summed E-state index contributed by atoms with van der Waals surface area (Å²) in [6.07, 6.45) is 0.328. The fourth-order valence-electron chi connectivity index (χ4n) is 2.76. The van der Waals surface area contributed by atoms with Gasteiger partial charge in [-0.05, 0) is 72.6 Å². The molecule has 1 unspecified atom stereocenters. The summed E-state index contributed by atoms with van der Waals surface area (Å²) in [5.41, 5.74) is 2.74. The van der Waals surface area contributed by atoms with E-state index in [4.69, 9.17) is 16.9 Å². The van der Waals surface area contributed by atoms with Crippen molar-refractivity contribution < 1.29 is 5.11 Å². The Morgan fingerprint density at radius 3 is 2.32 bits per heavy atom. The summed E-state index contributed by atoms with van der Waals surface area (Å²) in [6.45, 7) is 1.28. The first-order chi connectivity index (χ1) is 13.6. The fourth-order valence-corrected chi connectivity index (χ4v) is 3.78. The number of rotatable bonds is 8. The molecule has 3 aromatic rings. The Labute approximate surface area is 175 Å². The van der Waals surface area contributed by atoms with Crippen molar-refractivity contribution in [2.75, 3.05) is 13.1 Å². The molecule has 0 radical (unpaired) electrons. The number of hydrogen-bond donors (Lipinski definition) is 2. The maximum atomic E-state index is 10.2. The molecule has 0 aliphatic heterocycles. The number of nitrogens with zero attached hydrogens (tertiary/aromatic N) is 1. The first kappa shape index (κ1) is 20.4. The summed E-state index contributed by atoms with van der Waals surface area (Å²) in [4.78, 5) is 2.28. The maximum absolute atomic E-state index is 10.2. The summed E-state index contributed by atoms with van der Waals surface area (Å²) in [6, 6.07) is 25.5. The molecule has 0 saturated heterocycles. The summed E-state index contributed by atoms with van der Waals surface area (Å²) in [5.74, 6) is 0. The summed E-state index contributed by atoms with van der Waals surface area (Å²) in [7, 11) is 0. The van der Waals surface area contributed by atoms with Gasteiger partial charge in [0.1, 0.15) is 0 Å². The molecule has 28 heavy (non-hydrogen) atoms.